The van der Waals surface area contributed by atoms with E-state index < -0.39 is 0 Å². The van der Waals surface area contributed by atoms with Crippen LogP contribution < -0.4 is 0 Å². The summed E-state index contributed by atoms with van der Waals surface area (Å²) >= 11 is 0. The molecule has 2 aromatic carbocycles. The molecule has 1 unspecified atom stereocenters. The molecule has 1 atom stereocenters. The van der Waals surface area contributed by atoms with Crippen LogP contribution in [0.4, 0.5) is 0 Å². The second kappa shape index (κ2) is 10.8. The average Bonchev–Trinajstić information content (AvgIpc) is 3.13. The fraction of sp³-hybridized carbons (Fsp3) is 0.440. The minimum atomic E-state index is -0.219. The van der Waals surface area contributed by atoms with Crippen molar-refractivity contribution in [2.45, 2.75) is 45.6 Å². The van der Waals surface area contributed by atoms with Crippen LogP contribution in [0.1, 0.15) is 43.7 Å². The van der Waals surface area contributed by atoms with Gasteiger partial charge in [0.25, 0.3) is 0 Å². The van der Waals surface area contributed by atoms with Gasteiger partial charge in [-0.15, -0.1) is 0 Å². The Morgan fingerprint density at radius 1 is 1.00 bits per heavy atom. The molecule has 1 heterocycles. The largest absolute Gasteiger partial charge is 0.342 e. The molecule has 0 radical (unpaired) electrons. The normalized spacial score (nSPS) is 16.2. The molecule has 0 bridgehead atoms. The molecular formula is C25H32N2O2. The summed E-state index contributed by atoms with van der Waals surface area (Å²) in [4.78, 5) is 29.6. The van der Waals surface area contributed by atoms with Gasteiger partial charge in [-0.25, -0.2) is 0 Å². The first-order chi connectivity index (χ1) is 14.2. The quantitative estimate of drug-likeness (QED) is 0.566. The lowest BCUT2D eigenvalue weighted by Gasteiger charge is -2.26. The number of benzene rings is 2. The number of amides is 2. The third kappa shape index (κ3) is 6.18. The van der Waals surface area contributed by atoms with Crippen LogP contribution in [0.15, 0.2) is 60.7 Å². The fourth-order valence-corrected chi connectivity index (χ4v) is 3.94. The number of rotatable bonds is 10. The number of unbranched alkanes of at least 4 members (excludes halogenated alkanes) is 2. The Morgan fingerprint density at radius 3 is 2.31 bits per heavy atom. The predicted octanol–water partition coefficient (Wildman–Crippen LogP) is 4.30. The summed E-state index contributed by atoms with van der Waals surface area (Å²) in [5.41, 5.74) is 2.35. The van der Waals surface area contributed by atoms with E-state index >= 15 is 0 Å². The monoisotopic (exact) mass is 392 g/mol. The predicted molar refractivity (Wildman–Crippen MR) is 116 cm³/mol. The molecule has 4 nitrogen and oxygen atoms in total. The molecule has 0 aliphatic carbocycles. The maximum Gasteiger partial charge on any atom is 0.228 e. The Morgan fingerprint density at radius 2 is 1.66 bits per heavy atom. The standard InChI is InChI=1S/C25H32N2O2/c1-2-3-10-16-26-20-23(18-24(26)28)25(29)27(19-22-13-8-5-9-14-22)17-15-21-11-6-4-7-12-21/h4-9,11-14,23H,2-3,10,15-20H2,1H3. The molecule has 1 aliphatic rings. The molecular weight excluding hydrogens is 360 g/mol. The van der Waals surface area contributed by atoms with Crippen molar-refractivity contribution in [3.8, 4) is 0 Å². The highest BCUT2D eigenvalue weighted by atomic mass is 16.2. The molecule has 3 rings (SSSR count). The number of nitrogens with zero attached hydrogens (tertiary/aromatic N) is 2. The Kier molecular flexibility index (Phi) is 7.85. The van der Waals surface area contributed by atoms with Crippen LogP contribution in [-0.2, 0) is 22.6 Å². The van der Waals surface area contributed by atoms with Crippen LogP contribution >= 0.6 is 0 Å². The van der Waals surface area contributed by atoms with Crippen molar-refractivity contribution in [2.24, 2.45) is 5.92 Å². The number of hydrogen-bond donors (Lipinski definition) is 0. The van der Waals surface area contributed by atoms with Gasteiger partial charge in [0.2, 0.25) is 11.8 Å². The van der Waals surface area contributed by atoms with Crippen LogP contribution in [0.3, 0.4) is 0 Å². The Labute approximate surface area is 174 Å². The van der Waals surface area contributed by atoms with Crippen molar-refractivity contribution < 1.29 is 9.59 Å². The molecule has 1 aliphatic heterocycles. The molecule has 4 heteroatoms. The topological polar surface area (TPSA) is 40.6 Å². The zero-order chi connectivity index (χ0) is 20.5. The summed E-state index contributed by atoms with van der Waals surface area (Å²) in [5.74, 6) is 0.0157. The van der Waals surface area contributed by atoms with Gasteiger partial charge in [-0.1, -0.05) is 80.4 Å². The second-order valence-corrected chi connectivity index (χ2v) is 7.93. The summed E-state index contributed by atoms with van der Waals surface area (Å²) in [5, 5.41) is 0. The molecule has 2 amide bonds. The second-order valence-electron chi connectivity index (χ2n) is 7.93. The SMILES string of the molecule is CCCCCN1CC(C(=O)N(CCc2ccccc2)Cc2ccccc2)CC1=O. The highest BCUT2D eigenvalue weighted by molar-refractivity contribution is 5.89. The first-order valence-corrected chi connectivity index (χ1v) is 10.8. The summed E-state index contributed by atoms with van der Waals surface area (Å²) in [6.45, 7) is 4.76. The molecule has 2 aromatic rings. The lowest BCUT2D eigenvalue weighted by molar-refractivity contribution is -0.136. The van der Waals surface area contributed by atoms with E-state index in [9.17, 15) is 9.59 Å². The lowest BCUT2D eigenvalue weighted by atomic mass is 10.1. The van der Waals surface area contributed by atoms with E-state index in [1.165, 1.54) is 5.56 Å². The highest BCUT2D eigenvalue weighted by Gasteiger charge is 2.36. The van der Waals surface area contributed by atoms with Crippen LogP contribution in [0, 0.1) is 5.92 Å². The van der Waals surface area contributed by atoms with Gasteiger partial charge < -0.3 is 9.80 Å². The Balaban J connectivity index is 1.65. The number of likely N-dealkylation sites (tertiary alicyclic amines) is 1. The van der Waals surface area contributed by atoms with Crippen LogP contribution in [0.5, 0.6) is 0 Å². The van der Waals surface area contributed by atoms with Crippen molar-refractivity contribution in [1.82, 2.24) is 9.80 Å². The summed E-state index contributed by atoms with van der Waals surface area (Å²) in [6, 6.07) is 20.4. The van der Waals surface area contributed by atoms with Crippen molar-refractivity contribution in [2.75, 3.05) is 19.6 Å². The molecule has 0 aromatic heterocycles. The maximum atomic E-state index is 13.3. The molecule has 0 saturated carbocycles. The Hall–Kier alpha value is -2.62. The van der Waals surface area contributed by atoms with E-state index in [4.69, 9.17) is 0 Å². The van der Waals surface area contributed by atoms with E-state index in [1.807, 2.05) is 46.2 Å². The van der Waals surface area contributed by atoms with Gasteiger partial charge in [0.15, 0.2) is 0 Å². The number of carbonyl (C=O) groups is 2. The first kappa shape index (κ1) is 21.1. The summed E-state index contributed by atoms with van der Waals surface area (Å²) < 4.78 is 0. The van der Waals surface area contributed by atoms with Gasteiger partial charge in [0, 0.05) is 32.6 Å². The number of carbonyl (C=O) groups excluding carboxylic acids is 2. The minimum Gasteiger partial charge on any atom is -0.342 e. The summed E-state index contributed by atoms with van der Waals surface area (Å²) in [6.07, 6.45) is 4.45. The molecule has 1 saturated heterocycles. The van der Waals surface area contributed by atoms with Crippen LogP contribution in [0.2, 0.25) is 0 Å². The molecule has 0 N–H and O–H groups in total. The van der Waals surface area contributed by atoms with E-state index in [-0.39, 0.29) is 17.7 Å². The van der Waals surface area contributed by atoms with Crippen LogP contribution in [-0.4, -0.2) is 41.2 Å². The van der Waals surface area contributed by atoms with E-state index in [0.717, 1.165) is 37.8 Å². The zero-order valence-corrected chi connectivity index (χ0v) is 17.4. The fourth-order valence-electron chi connectivity index (χ4n) is 3.94. The van der Waals surface area contributed by atoms with E-state index in [1.54, 1.807) is 0 Å². The van der Waals surface area contributed by atoms with Gasteiger partial charge >= 0.3 is 0 Å². The third-order valence-electron chi connectivity index (χ3n) is 5.64. The van der Waals surface area contributed by atoms with Crippen molar-refractivity contribution in [3.05, 3.63) is 71.8 Å². The van der Waals surface area contributed by atoms with E-state index in [0.29, 0.717) is 26.1 Å². The van der Waals surface area contributed by atoms with Crippen LogP contribution in [0.25, 0.3) is 0 Å². The highest BCUT2D eigenvalue weighted by Crippen LogP contribution is 2.22. The number of hydrogen-bond acceptors (Lipinski definition) is 2. The smallest absolute Gasteiger partial charge is 0.228 e. The van der Waals surface area contributed by atoms with Gasteiger partial charge in [-0.3, -0.25) is 9.59 Å². The molecule has 154 valence electrons. The van der Waals surface area contributed by atoms with E-state index in [2.05, 4.69) is 31.2 Å². The van der Waals surface area contributed by atoms with Crippen molar-refractivity contribution in [1.29, 1.82) is 0 Å². The van der Waals surface area contributed by atoms with Gasteiger partial charge in [0.1, 0.15) is 0 Å². The Bertz CT molecular complexity index is 776. The van der Waals surface area contributed by atoms with Gasteiger partial charge in [0.05, 0.1) is 5.92 Å². The lowest BCUT2D eigenvalue weighted by Crippen LogP contribution is -2.38. The van der Waals surface area contributed by atoms with Gasteiger partial charge in [-0.05, 0) is 24.0 Å². The van der Waals surface area contributed by atoms with Crippen molar-refractivity contribution >= 4 is 11.8 Å². The average molecular weight is 393 g/mol. The molecule has 1 fully saturated rings. The zero-order valence-electron chi connectivity index (χ0n) is 17.4. The maximum absolute atomic E-state index is 13.3. The van der Waals surface area contributed by atoms with Gasteiger partial charge in [-0.2, -0.15) is 0 Å². The summed E-state index contributed by atoms with van der Waals surface area (Å²) in [7, 11) is 0. The molecule has 0 spiro atoms. The minimum absolute atomic E-state index is 0.108. The molecule has 29 heavy (non-hydrogen) atoms. The first-order valence-electron chi connectivity index (χ1n) is 10.8. The third-order valence-corrected chi connectivity index (χ3v) is 5.64. The van der Waals surface area contributed by atoms with Crippen molar-refractivity contribution in [3.63, 3.8) is 0 Å².